The summed E-state index contributed by atoms with van der Waals surface area (Å²) in [6, 6.07) is 2.51. The molecule has 1 aromatic heterocycles. The van der Waals surface area contributed by atoms with Gasteiger partial charge in [-0.15, -0.1) is 0 Å². The van der Waals surface area contributed by atoms with Crippen LogP contribution in [0, 0.1) is 0 Å². The summed E-state index contributed by atoms with van der Waals surface area (Å²) < 4.78 is 17.9. The maximum absolute atomic E-state index is 11.6. The molecule has 0 bridgehead atoms. The molecular weight excluding hydrogens is 432 g/mol. The minimum absolute atomic E-state index is 0.0357. The highest BCUT2D eigenvalue weighted by molar-refractivity contribution is 5.13. The first kappa shape index (κ1) is 24.9. The second-order valence-corrected chi connectivity index (χ2v) is 9.29. The Morgan fingerprint density at radius 1 is 1.03 bits per heavy atom. The van der Waals surface area contributed by atoms with Crippen LogP contribution in [-0.2, 0) is 20.6 Å². The molecule has 0 aromatic carbocycles. The van der Waals surface area contributed by atoms with E-state index in [0.717, 1.165) is 12.0 Å². The third-order valence-corrected chi connectivity index (χ3v) is 7.11. The van der Waals surface area contributed by atoms with Crippen molar-refractivity contribution < 1.29 is 34.6 Å². The van der Waals surface area contributed by atoms with Crippen molar-refractivity contribution in [1.82, 2.24) is 20.9 Å². The fourth-order valence-electron chi connectivity index (χ4n) is 5.31. The summed E-state index contributed by atoms with van der Waals surface area (Å²) in [6.07, 6.45) is -1.39. The van der Waals surface area contributed by atoms with E-state index in [0.29, 0.717) is 6.54 Å². The minimum atomic E-state index is -2.20. The van der Waals surface area contributed by atoms with E-state index < -0.39 is 60.3 Å². The highest BCUT2D eigenvalue weighted by Gasteiger charge is 2.68. The van der Waals surface area contributed by atoms with Crippen LogP contribution in [0.25, 0.3) is 0 Å². The number of aliphatic hydroxyl groups excluding tert-OH is 2. The van der Waals surface area contributed by atoms with Crippen LogP contribution < -0.4 is 16.0 Å². The molecule has 0 spiro atoms. The van der Waals surface area contributed by atoms with E-state index in [1.54, 1.807) is 33.4 Å². The molecule has 10 atom stereocenters. The molecular formula is C22H36N4O7. The normalized spacial score (nSPS) is 45.3. The van der Waals surface area contributed by atoms with Gasteiger partial charge in [-0.25, -0.2) is 0 Å². The van der Waals surface area contributed by atoms with Crippen LogP contribution in [0.3, 0.4) is 0 Å². The minimum Gasteiger partial charge on any atom is -0.390 e. The lowest BCUT2D eigenvalue weighted by atomic mass is 9.77. The summed E-state index contributed by atoms with van der Waals surface area (Å²) >= 11 is 0. The summed E-state index contributed by atoms with van der Waals surface area (Å²) in [5, 5.41) is 53.9. The largest absolute Gasteiger partial charge is 0.390 e. The van der Waals surface area contributed by atoms with Crippen LogP contribution in [0.5, 0.6) is 0 Å². The molecule has 3 fully saturated rings. The van der Waals surface area contributed by atoms with Gasteiger partial charge in [-0.1, -0.05) is 0 Å². The standard InChI is InChI=1S/C22H36N4O7/c1-12-10-21(29,11-26-9-6-13-4-7-25-8-5-13)22(30)20(31-12)32-19-17(28)14(23-2)16(27)15(24-3)18(19)33-22/h4-5,7-8,12,14-20,23-24,26-30H,6,9-11H2,1-3H3/t12-,14-,15+,16+,17+,18-,19-,20+,21-,22-/m1/s1. The number of hydrogen-bond acceptors (Lipinski definition) is 11. The van der Waals surface area contributed by atoms with Crippen LogP contribution >= 0.6 is 0 Å². The van der Waals surface area contributed by atoms with Gasteiger partial charge in [0.15, 0.2) is 0 Å². The van der Waals surface area contributed by atoms with Crippen molar-refractivity contribution in [2.24, 2.45) is 0 Å². The molecule has 11 heteroatoms. The predicted octanol–water partition coefficient (Wildman–Crippen LogP) is -2.54. The second kappa shape index (κ2) is 9.78. The van der Waals surface area contributed by atoms with Gasteiger partial charge in [0.05, 0.1) is 24.3 Å². The fourth-order valence-corrected chi connectivity index (χ4v) is 5.31. The van der Waals surface area contributed by atoms with E-state index in [1.165, 1.54) is 0 Å². The average Bonchev–Trinajstić information content (AvgIpc) is 2.78. The van der Waals surface area contributed by atoms with E-state index in [4.69, 9.17) is 14.2 Å². The monoisotopic (exact) mass is 468 g/mol. The molecule has 4 rings (SSSR count). The van der Waals surface area contributed by atoms with Crippen molar-refractivity contribution in [3.8, 4) is 0 Å². The third-order valence-electron chi connectivity index (χ3n) is 7.11. The van der Waals surface area contributed by atoms with Gasteiger partial charge in [0.25, 0.3) is 0 Å². The number of aliphatic hydroxyl groups is 4. The summed E-state index contributed by atoms with van der Waals surface area (Å²) in [7, 11) is 3.29. The number of fused-ring (bicyclic) bond motifs is 2. The first-order chi connectivity index (χ1) is 15.7. The molecule has 33 heavy (non-hydrogen) atoms. The predicted molar refractivity (Wildman–Crippen MR) is 117 cm³/mol. The molecule has 0 radical (unpaired) electrons. The number of nitrogens with one attached hydrogen (secondary N) is 3. The Morgan fingerprint density at radius 3 is 2.39 bits per heavy atom. The summed E-state index contributed by atoms with van der Waals surface area (Å²) in [5.41, 5.74) is -0.630. The molecule has 7 N–H and O–H groups in total. The number of rotatable bonds is 7. The zero-order valence-corrected chi connectivity index (χ0v) is 19.2. The first-order valence-electron chi connectivity index (χ1n) is 11.5. The maximum atomic E-state index is 11.6. The Labute approximate surface area is 193 Å². The SMILES string of the molecule is CN[C@@H]1[C@H](O)[C@H](NC)[C@H]2O[C@]3(O)[C@H](O[C@@H]2[C@H]1O)O[C@H](C)C[C@@]3(O)CNCCc1ccncc1. The molecule has 3 heterocycles. The van der Waals surface area contributed by atoms with Crippen molar-refractivity contribution in [1.29, 1.82) is 0 Å². The fraction of sp³-hybridized carbons (Fsp3) is 0.773. The topological polar surface area (TPSA) is 158 Å². The molecule has 3 aliphatic rings. The van der Waals surface area contributed by atoms with Gasteiger partial charge in [0, 0.05) is 25.4 Å². The lowest BCUT2D eigenvalue weighted by molar-refractivity contribution is -0.482. The lowest BCUT2D eigenvalue weighted by Gasteiger charge is -2.60. The van der Waals surface area contributed by atoms with Gasteiger partial charge >= 0.3 is 0 Å². The van der Waals surface area contributed by atoms with E-state index >= 15 is 0 Å². The summed E-state index contributed by atoms with van der Waals surface area (Å²) in [5.74, 6) is -2.20. The molecule has 0 unspecified atom stereocenters. The molecule has 0 amide bonds. The van der Waals surface area contributed by atoms with Gasteiger partial charge in [-0.05, 0) is 51.7 Å². The Morgan fingerprint density at radius 2 is 1.73 bits per heavy atom. The van der Waals surface area contributed by atoms with Gasteiger partial charge in [0.1, 0.15) is 23.9 Å². The number of pyridine rings is 1. The molecule has 1 aromatic rings. The van der Waals surface area contributed by atoms with Crippen LogP contribution in [0.2, 0.25) is 0 Å². The third kappa shape index (κ3) is 4.43. The summed E-state index contributed by atoms with van der Waals surface area (Å²) in [4.78, 5) is 4.01. The van der Waals surface area contributed by atoms with Crippen molar-refractivity contribution in [3.05, 3.63) is 30.1 Å². The molecule has 2 aliphatic heterocycles. The van der Waals surface area contributed by atoms with E-state index in [9.17, 15) is 20.4 Å². The number of ether oxygens (including phenoxy) is 3. The van der Waals surface area contributed by atoms with Gasteiger partial charge in [0.2, 0.25) is 12.1 Å². The highest BCUT2D eigenvalue weighted by atomic mass is 16.8. The van der Waals surface area contributed by atoms with Crippen molar-refractivity contribution in [2.45, 2.75) is 80.0 Å². The number of aromatic nitrogens is 1. The molecule has 2 saturated heterocycles. The molecule has 186 valence electrons. The van der Waals surface area contributed by atoms with Crippen molar-refractivity contribution >= 4 is 0 Å². The zero-order valence-electron chi connectivity index (χ0n) is 19.2. The molecule has 1 aliphatic carbocycles. The van der Waals surface area contributed by atoms with Crippen LogP contribution in [0.15, 0.2) is 24.5 Å². The van der Waals surface area contributed by atoms with Gasteiger partial charge in [-0.2, -0.15) is 0 Å². The van der Waals surface area contributed by atoms with E-state index in [-0.39, 0.29) is 13.0 Å². The Balaban J connectivity index is 1.52. The Kier molecular flexibility index (Phi) is 7.37. The number of hydrogen-bond donors (Lipinski definition) is 7. The summed E-state index contributed by atoms with van der Waals surface area (Å²) in [6.45, 7) is 2.38. The van der Waals surface area contributed by atoms with Crippen LogP contribution in [0.4, 0.5) is 0 Å². The molecule has 11 nitrogen and oxygen atoms in total. The quantitative estimate of drug-likeness (QED) is 0.212. The smallest absolute Gasteiger partial charge is 0.249 e. The van der Waals surface area contributed by atoms with Crippen LogP contribution in [-0.4, -0.2) is 113 Å². The highest BCUT2D eigenvalue weighted by Crippen LogP contribution is 2.46. The van der Waals surface area contributed by atoms with Gasteiger partial charge < -0.3 is 50.6 Å². The number of nitrogens with zero attached hydrogens (tertiary/aromatic N) is 1. The average molecular weight is 469 g/mol. The maximum Gasteiger partial charge on any atom is 0.249 e. The van der Waals surface area contributed by atoms with Crippen molar-refractivity contribution in [2.75, 3.05) is 27.2 Å². The Bertz CT molecular complexity index is 791. The van der Waals surface area contributed by atoms with E-state index in [1.807, 2.05) is 12.1 Å². The van der Waals surface area contributed by atoms with Crippen LogP contribution in [0.1, 0.15) is 18.9 Å². The molecule has 1 saturated carbocycles. The lowest BCUT2D eigenvalue weighted by Crippen LogP contribution is -2.81. The number of likely N-dealkylation sites (N-methyl/N-ethyl adjacent to an activating group) is 2. The zero-order chi connectivity index (χ0) is 23.8. The first-order valence-corrected chi connectivity index (χ1v) is 11.5. The second-order valence-electron chi connectivity index (χ2n) is 9.29. The van der Waals surface area contributed by atoms with E-state index in [2.05, 4.69) is 20.9 Å². The van der Waals surface area contributed by atoms with Crippen molar-refractivity contribution in [3.63, 3.8) is 0 Å². The Hall–Kier alpha value is -1.25. The van der Waals surface area contributed by atoms with Gasteiger partial charge in [-0.3, -0.25) is 4.98 Å².